The van der Waals surface area contributed by atoms with Crippen LogP contribution in [0.25, 0.3) is 32.5 Å². The van der Waals surface area contributed by atoms with E-state index in [0.717, 1.165) is 43.7 Å². The van der Waals surface area contributed by atoms with E-state index in [9.17, 15) is 0 Å². The highest BCUT2D eigenvalue weighted by atomic mass is 32.1. The third-order valence-corrected chi connectivity index (χ3v) is 6.03. The minimum absolute atomic E-state index is 0.404. The number of hydrogen-bond acceptors (Lipinski definition) is 8. The summed E-state index contributed by atoms with van der Waals surface area (Å²) in [5.41, 5.74) is 11.6. The SMILES string of the molecule is COCCOc1ccc2nc(-c3ccc(Oc4ccc5scnc5c4)c(C)c3)nc(N)c2c1. The van der Waals surface area contributed by atoms with Gasteiger partial charge in [-0.3, -0.25) is 0 Å². The standard InChI is InChI=1S/C25H22N4O3S/c1-15-11-16(3-7-22(15)32-18-5-8-23-21(13-18)27-14-33-23)25-28-20-6-4-17(31-10-9-30-2)12-19(20)24(26)29-25/h3-8,11-14H,9-10H2,1-2H3,(H2,26,28,29). The molecule has 5 aromatic rings. The molecule has 0 aliphatic rings. The van der Waals surface area contributed by atoms with E-state index in [1.807, 2.05) is 67.0 Å². The maximum absolute atomic E-state index is 6.26. The van der Waals surface area contributed by atoms with E-state index in [2.05, 4.69) is 9.97 Å². The van der Waals surface area contributed by atoms with Gasteiger partial charge < -0.3 is 19.9 Å². The zero-order valence-corrected chi connectivity index (χ0v) is 19.1. The van der Waals surface area contributed by atoms with Crippen molar-refractivity contribution in [3.8, 4) is 28.6 Å². The molecule has 7 nitrogen and oxygen atoms in total. The summed E-state index contributed by atoms with van der Waals surface area (Å²) in [6.07, 6.45) is 0. The number of nitrogen functional groups attached to an aromatic ring is 1. The van der Waals surface area contributed by atoms with Crippen LogP contribution < -0.4 is 15.2 Å². The first-order valence-electron chi connectivity index (χ1n) is 10.4. The smallest absolute Gasteiger partial charge is 0.162 e. The highest BCUT2D eigenvalue weighted by Gasteiger charge is 2.11. The van der Waals surface area contributed by atoms with Gasteiger partial charge >= 0.3 is 0 Å². The Morgan fingerprint density at radius 3 is 2.64 bits per heavy atom. The summed E-state index contributed by atoms with van der Waals surface area (Å²) in [7, 11) is 1.64. The molecule has 0 saturated carbocycles. The van der Waals surface area contributed by atoms with Crippen molar-refractivity contribution in [3.05, 3.63) is 65.7 Å². The van der Waals surface area contributed by atoms with Gasteiger partial charge in [0.2, 0.25) is 0 Å². The van der Waals surface area contributed by atoms with Crippen molar-refractivity contribution in [1.82, 2.24) is 15.0 Å². The van der Waals surface area contributed by atoms with Crippen LogP contribution in [-0.4, -0.2) is 35.3 Å². The molecule has 0 saturated heterocycles. The van der Waals surface area contributed by atoms with Gasteiger partial charge in [0.05, 0.1) is 27.9 Å². The van der Waals surface area contributed by atoms with E-state index in [1.54, 1.807) is 18.4 Å². The zero-order chi connectivity index (χ0) is 22.8. The Morgan fingerprint density at radius 2 is 1.79 bits per heavy atom. The summed E-state index contributed by atoms with van der Waals surface area (Å²) in [5, 5.41) is 0.753. The number of nitrogens with zero attached hydrogens (tertiary/aromatic N) is 3. The predicted octanol–water partition coefficient (Wildman–Crippen LogP) is 5.61. The summed E-state index contributed by atoms with van der Waals surface area (Å²) in [4.78, 5) is 13.6. The first-order valence-corrected chi connectivity index (χ1v) is 11.3. The maximum Gasteiger partial charge on any atom is 0.162 e. The molecule has 2 N–H and O–H groups in total. The Morgan fingerprint density at radius 1 is 0.909 bits per heavy atom. The fraction of sp³-hybridized carbons (Fsp3) is 0.160. The molecule has 5 rings (SSSR count). The van der Waals surface area contributed by atoms with Crippen LogP contribution in [0.2, 0.25) is 0 Å². The van der Waals surface area contributed by atoms with Gasteiger partial charge in [-0.2, -0.15) is 0 Å². The van der Waals surface area contributed by atoms with Gasteiger partial charge in [0.1, 0.15) is 29.7 Å². The van der Waals surface area contributed by atoms with Crippen molar-refractivity contribution in [1.29, 1.82) is 0 Å². The van der Waals surface area contributed by atoms with E-state index < -0.39 is 0 Å². The summed E-state index contributed by atoms with van der Waals surface area (Å²) in [6, 6.07) is 17.4. The van der Waals surface area contributed by atoms with Gasteiger partial charge in [0.15, 0.2) is 5.82 Å². The third kappa shape index (κ3) is 4.44. The Balaban J connectivity index is 1.40. The lowest BCUT2D eigenvalue weighted by molar-refractivity contribution is 0.146. The molecule has 0 bridgehead atoms. The van der Waals surface area contributed by atoms with Gasteiger partial charge in [0.25, 0.3) is 0 Å². The molecule has 0 spiro atoms. The van der Waals surface area contributed by atoms with Gasteiger partial charge in [-0.1, -0.05) is 0 Å². The van der Waals surface area contributed by atoms with Crippen LogP contribution >= 0.6 is 11.3 Å². The van der Waals surface area contributed by atoms with E-state index in [1.165, 1.54) is 0 Å². The third-order valence-electron chi connectivity index (χ3n) is 5.22. The van der Waals surface area contributed by atoms with Gasteiger partial charge in [0, 0.05) is 24.1 Å². The molecule has 0 unspecified atom stereocenters. The summed E-state index contributed by atoms with van der Waals surface area (Å²) in [5.74, 6) is 3.18. The number of anilines is 1. The summed E-state index contributed by atoms with van der Waals surface area (Å²) in [6.45, 7) is 2.97. The quantitative estimate of drug-likeness (QED) is 0.317. The van der Waals surface area contributed by atoms with Crippen molar-refractivity contribution >= 4 is 38.3 Å². The van der Waals surface area contributed by atoms with Crippen molar-refractivity contribution in [2.24, 2.45) is 0 Å². The maximum atomic E-state index is 6.26. The Bertz CT molecular complexity index is 1450. The molecule has 0 atom stereocenters. The molecule has 166 valence electrons. The van der Waals surface area contributed by atoms with Crippen LogP contribution in [0.4, 0.5) is 5.82 Å². The second-order valence-electron chi connectivity index (χ2n) is 7.52. The largest absolute Gasteiger partial charge is 0.491 e. The average Bonchev–Trinajstić information content (AvgIpc) is 3.29. The van der Waals surface area contributed by atoms with Gasteiger partial charge in [-0.05, 0) is 61.0 Å². The molecule has 0 aliphatic carbocycles. The van der Waals surface area contributed by atoms with E-state index >= 15 is 0 Å². The summed E-state index contributed by atoms with van der Waals surface area (Å²) >= 11 is 1.61. The molecule has 0 aliphatic heterocycles. The number of benzene rings is 3. The molecular weight excluding hydrogens is 436 g/mol. The lowest BCUT2D eigenvalue weighted by atomic mass is 10.1. The predicted molar refractivity (Wildman–Crippen MR) is 131 cm³/mol. The Hall–Kier alpha value is -3.75. The first kappa shape index (κ1) is 21.1. The number of rotatable bonds is 7. The minimum atomic E-state index is 0.404. The number of thiazole rings is 1. The molecule has 0 radical (unpaired) electrons. The van der Waals surface area contributed by atoms with Crippen molar-refractivity contribution in [3.63, 3.8) is 0 Å². The van der Waals surface area contributed by atoms with Crippen LogP contribution in [0, 0.1) is 6.92 Å². The zero-order valence-electron chi connectivity index (χ0n) is 18.2. The number of aryl methyl sites for hydroxylation is 1. The second kappa shape index (κ2) is 9.01. The summed E-state index contributed by atoms with van der Waals surface area (Å²) < 4.78 is 17.9. The monoisotopic (exact) mass is 458 g/mol. The number of aromatic nitrogens is 3. The minimum Gasteiger partial charge on any atom is -0.491 e. The number of methoxy groups -OCH3 is 1. The molecule has 33 heavy (non-hydrogen) atoms. The fourth-order valence-corrected chi connectivity index (χ4v) is 4.18. The van der Waals surface area contributed by atoms with Crippen LogP contribution in [-0.2, 0) is 4.74 Å². The molecule has 3 aromatic carbocycles. The normalized spacial score (nSPS) is 11.2. The highest BCUT2D eigenvalue weighted by Crippen LogP contribution is 2.32. The topological polar surface area (TPSA) is 92.4 Å². The van der Waals surface area contributed by atoms with Gasteiger partial charge in [-0.15, -0.1) is 11.3 Å². The molecular formula is C25H22N4O3S. The lowest BCUT2D eigenvalue weighted by Gasteiger charge is -2.12. The Labute approximate surface area is 194 Å². The van der Waals surface area contributed by atoms with Crippen molar-refractivity contribution in [2.45, 2.75) is 6.92 Å². The lowest BCUT2D eigenvalue weighted by Crippen LogP contribution is -2.04. The molecule has 0 fully saturated rings. The van der Waals surface area contributed by atoms with Crippen LogP contribution in [0.3, 0.4) is 0 Å². The van der Waals surface area contributed by atoms with Crippen molar-refractivity contribution in [2.75, 3.05) is 26.1 Å². The molecule has 2 aromatic heterocycles. The number of ether oxygens (including phenoxy) is 3. The van der Waals surface area contributed by atoms with Crippen LogP contribution in [0.15, 0.2) is 60.1 Å². The highest BCUT2D eigenvalue weighted by molar-refractivity contribution is 7.16. The number of hydrogen-bond donors (Lipinski definition) is 1. The second-order valence-corrected chi connectivity index (χ2v) is 8.40. The van der Waals surface area contributed by atoms with E-state index in [0.29, 0.717) is 30.6 Å². The van der Waals surface area contributed by atoms with Crippen molar-refractivity contribution < 1.29 is 14.2 Å². The van der Waals surface area contributed by atoms with E-state index in [4.69, 9.17) is 24.9 Å². The van der Waals surface area contributed by atoms with E-state index in [-0.39, 0.29) is 0 Å². The number of fused-ring (bicyclic) bond motifs is 2. The average molecular weight is 459 g/mol. The number of nitrogens with two attached hydrogens (primary N) is 1. The Kier molecular flexibility index (Phi) is 5.77. The molecule has 0 amide bonds. The van der Waals surface area contributed by atoms with Crippen LogP contribution in [0.5, 0.6) is 17.2 Å². The molecule has 8 heteroatoms. The first-order chi connectivity index (χ1) is 16.1. The molecule has 2 heterocycles. The van der Waals surface area contributed by atoms with Gasteiger partial charge in [-0.25, -0.2) is 15.0 Å². The fourth-order valence-electron chi connectivity index (χ4n) is 3.52. The van der Waals surface area contributed by atoms with Crippen LogP contribution in [0.1, 0.15) is 5.56 Å².